The van der Waals surface area contributed by atoms with Crippen LogP contribution in [-0.4, -0.2) is 39.2 Å². The maximum absolute atomic E-state index is 13.9. The summed E-state index contributed by atoms with van der Waals surface area (Å²) in [5, 5.41) is 15.7. The summed E-state index contributed by atoms with van der Waals surface area (Å²) in [6, 6.07) is 2.87. The molecular formula is C18H18F2N4O4. The van der Waals surface area contributed by atoms with Crippen molar-refractivity contribution in [1.82, 2.24) is 9.78 Å². The molecule has 1 fully saturated rings. The van der Waals surface area contributed by atoms with E-state index < -0.39 is 40.9 Å². The van der Waals surface area contributed by atoms with Crippen molar-refractivity contribution < 1.29 is 28.3 Å². The van der Waals surface area contributed by atoms with Gasteiger partial charge in [-0.15, -0.1) is 0 Å². The number of hydrogen-bond acceptors (Lipinski definition) is 4. The fourth-order valence-corrected chi connectivity index (χ4v) is 2.85. The molecule has 1 aromatic carbocycles. The van der Waals surface area contributed by atoms with E-state index in [1.165, 1.54) is 30.9 Å². The van der Waals surface area contributed by atoms with Gasteiger partial charge in [0.2, 0.25) is 11.8 Å². The van der Waals surface area contributed by atoms with E-state index in [1.54, 1.807) is 0 Å². The molecular weight excluding hydrogens is 374 g/mol. The number of aliphatic carboxylic acids is 1. The SMILES string of the molecule is CC(C)(C(=O)O)n1cc(NC(=O)C2CC(=O)N(c3ccc(F)cc3F)C2)cn1. The maximum Gasteiger partial charge on any atom is 0.331 e. The molecule has 2 amide bonds. The van der Waals surface area contributed by atoms with E-state index in [9.17, 15) is 28.3 Å². The van der Waals surface area contributed by atoms with E-state index >= 15 is 0 Å². The minimum atomic E-state index is -1.30. The minimum Gasteiger partial charge on any atom is -0.479 e. The number of nitrogens with zero attached hydrogens (tertiary/aromatic N) is 3. The van der Waals surface area contributed by atoms with Gasteiger partial charge in [0.1, 0.15) is 11.6 Å². The highest BCUT2D eigenvalue weighted by Crippen LogP contribution is 2.28. The topological polar surface area (TPSA) is 105 Å². The summed E-state index contributed by atoms with van der Waals surface area (Å²) in [6.45, 7) is 2.86. The Balaban J connectivity index is 1.70. The van der Waals surface area contributed by atoms with E-state index in [2.05, 4.69) is 10.4 Å². The lowest BCUT2D eigenvalue weighted by Crippen LogP contribution is -2.36. The molecule has 1 aromatic heterocycles. The molecule has 148 valence electrons. The van der Waals surface area contributed by atoms with Crippen LogP contribution in [0, 0.1) is 17.6 Å². The van der Waals surface area contributed by atoms with E-state index in [-0.39, 0.29) is 24.3 Å². The van der Waals surface area contributed by atoms with Crippen molar-refractivity contribution in [2.45, 2.75) is 25.8 Å². The van der Waals surface area contributed by atoms with Gasteiger partial charge in [0.05, 0.1) is 23.5 Å². The Hall–Kier alpha value is -3.30. The molecule has 2 heterocycles. The number of nitrogens with one attached hydrogen (secondary N) is 1. The Kier molecular flexibility index (Phi) is 4.88. The van der Waals surface area contributed by atoms with Gasteiger partial charge < -0.3 is 15.3 Å². The van der Waals surface area contributed by atoms with Gasteiger partial charge in [-0.3, -0.25) is 14.3 Å². The fraction of sp³-hybridized carbons (Fsp3) is 0.333. The molecule has 2 aromatic rings. The molecule has 0 bridgehead atoms. The van der Waals surface area contributed by atoms with E-state index in [0.29, 0.717) is 6.07 Å². The zero-order valence-electron chi connectivity index (χ0n) is 15.1. The molecule has 1 aliphatic rings. The minimum absolute atomic E-state index is 0.0536. The molecule has 0 saturated carbocycles. The molecule has 0 aliphatic carbocycles. The molecule has 0 radical (unpaired) electrons. The number of amides is 2. The average molecular weight is 392 g/mol. The van der Waals surface area contributed by atoms with Gasteiger partial charge in [-0.1, -0.05) is 0 Å². The molecule has 10 heteroatoms. The quantitative estimate of drug-likeness (QED) is 0.810. The number of benzene rings is 1. The van der Waals surface area contributed by atoms with Crippen LogP contribution >= 0.6 is 0 Å². The summed E-state index contributed by atoms with van der Waals surface area (Å²) in [5.74, 6) is -4.41. The summed E-state index contributed by atoms with van der Waals surface area (Å²) in [4.78, 5) is 37.0. The summed E-state index contributed by atoms with van der Waals surface area (Å²) in [7, 11) is 0. The molecule has 28 heavy (non-hydrogen) atoms. The van der Waals surface area contributed by atoms with Crippen LogP contribution in [0.5, 0.6) is 0 Å². The van der Waals surface area contributed by atoms with Crippen molar-refractivity contribution in [3.05, 3.63) is 42.2 Å². The standard InChI is InChI=1S/C18H18F2N4O4/c1-18(2,17(27)28)24-9-12(7-21-24)22-16(26)10-5-15(25)23(8-10)14-4-3-11(19)6-13(14)20/h3-4,6-7,9-10H,5,8H2,1-2H3,(H,22,26)(H,27,28). The van der Waals surface area contributed by atoms with Gasteiger partial charge in [0, 0.05) is 25.2 Å². The first-order chi connectivity index (χ1) is 13.1. The smallest absolute Gasteiger partial charge is 0.331 e. The fourth-order valence-electron chi connectivity index (χ4n) is 2.85. The number of carboxylic acids is 1. The second-order valence-electron chi connectivity index (χ2n) is 7.03. The Morgan fingerprint density at radius 3 is 2.68 bits per heavy atom. The first-order valence-corrected chi connectivity index (χ1v) is 8.44. The summed E-state index contributed by atoms with van der Waals surface area (Å²) in [5.41, 5.74) is -1.11. The molecule has 8 nitrogen and oxygen atoms in total. The lowest BCUT2D eigenvalue weighted by atomic mass is 10.1. The molecule has 1 unspecified atom stereocenters. The van der Waals surface area contributed by atoms with E-state index in [0.717, 1.165) is 17.0 Å². The van der Waals surface area contributed by atoms with Gasteiger partial charge in [0.25, 0.3) is 0 Å². The van der Waals surface area contributed by atoms with Crippen molar-refractivity contribution >= 4 is 29.2 Å². The lowest BCUT2D eigenvalue weighted by Gasteiger charge is -2.19. The third-order valence-corrected chi connectivity index (χ3v) is 4.64. The number of carboxylic acid groups (broad SMARTS) is 1. The number of hydrogen-bond donors (Lipinski definition) is 2. The van der Waals surface area contributed by atoms with Crippen LogP contribution < -0.4 is 10.2 Å². The van der Waals surface area contributed by atoms with Gasteiger partial charge >= 0.3 is 5.97 Å². The van der Waals surface area contributed by atoms with Gasteiger partial charge in [-0.05, 0) is 26.0 Å². The number of halogens is 2. The van der Waals surface area contributed by atoms with Crippen LogP contribution in [0.2, 0.25) is 0 Å². The molecule has 1 atom stereocenters. The van der Waals surface area contributed by atoms with Crippen molar-refractivity contribution in [2.24, 2.45) is 5.92 Å². The highest BCUT2D eigenvalue weighted by molar-refractivity contribution is 6.03. The largest absolute Gasteiger partial charge is 0.479 e. The van der Waals surface area contributed by atoms with Crippen molar-refractivity contribution in [2.75, 3.05) is 16.8 Å². The first-order valence-electron chi connectivity index (χ1n) is 8.44. The van der Waals surface area contributed by atoms with Gasteiger partial charge in [-0.2, -0.15) is 5.10 Å². The third kappa shape index (κ3) is 3.57. The van der Waals surface area contributed by atoms with Crippen LogP contribution in [0.25, 0.3) is 0 Å². The number of rotatable bonds is 5. The lowest BCUT2D eigenvalue weighted by molar-refractivity contribution is -0.146. The van der Waals surface area contributed by atoms with Crippen LogP contribution in [0.1, 0.15) is 20.3 Å². The average Bonchev–Trinajstić information content (AvgIpc) is 3.22. The summed E-state index contributed by atoms with van der Waals surface area (Å²) in [6.07, 6.45) is 2.55. The van der Waals surface area contributed by atoms with Crippen LogP contribution in [0.4, 0.5) is 20.2 Å². The normalized spacial score (nSPS) is 17.1. The van der Waals surface area contributed by atoms with E-state index in [1.807, 2.05) is 0 Å². The molecule has 3 rings (SSSR count). The molecule has 2 N–H and O–H groups in total. The first kappa shape index (κ1) is 19.5. The van der Waals surface area contributed by atoms with Gasteiger partial charge in [0.15, 0.2) is 5.54 Å². The Labute approximate surface area is 158 Å². The van der Waals surface area contributed by atoms with Gasteiger partial charge in [-0.25, -0.2) is 13.6 Å². The Morgan fingerprint density at radius 2 is 2.04 bits per heavy atom. The molecule has 1 saturated heterocycles. The number of carbonyl (C=O) groups is 3. The van der Waals surface area contributed by atoms with Crippen LogP contribution in [-0.2, 0) is 19.9 Å². The summed E-state index contributed by atoms with van der Waals surface area (Å²) >= 11 is 0. The Bertz CT molecular complexity index is 957. The van der Waals surface area contributed by atoms with E-state index in [4.69, 9.17) is 0 Å². The van der Waals surface area contributed by atoms with Crippen LogP contribution in [0.3, 0.4) is 0 Å². The highest BCUT2D eigenvalue weighted by Gasteiger charge is 2.37. The predicted molar refractivity (Wildman–Crippen MR) is 94.6 cm³/mol. The number of aromatic nitrogens is 2. The third-order valence-electron chi connectivity index (χ3n) is 4.64. The van der Waals surface area contributed by atoms with Crippen molar-refractivity contribution in [3.63, 3.8) is 0 Å². The maximum atomic E-state index is 13.9. The zero-order valence-corrected chi connectivity index (χ0v) is 15.1. The number of anilines is 2. The zero-order chi connectivity index (χ0) is 20.6. The second kappa shape index (κ2) is 7.02. The Morgan fingerprint density at radius 1 is 1.32 bits per heavy atom. The number of carbonyl (C=O) groups excluding carboxylic acids is 2. The predicted octanol–water partition coefficient (Wildman–Crippen LogP) is 1.97. The van der Waals surface area contributed by atoms with Crippen LogP contribution in [0.15, 0.2) is 30.6 Å². The summed E-state index contributed by atoms with van der Waals surface area (Å²) < 4.78 is 28.2. The second-order valence-corrected chi connectivity index (χ2v) is 7.03. The molecule has 0 spiro atoms. The monoisotopic (exact) mass is 392 g/mol. The molecule has 1 aliphatic heterocycles. The van der Waals surface area contributed by atoms with Crippen molar-refractivity contribution in [3.8, 4) is 0 Å². The highest BCUT2D eigenvalue weighted by atomic mass is 19.1. The van der Waals surface area contributed by atoms with Crippen molar-refractivity contribution in [1.29, 1.82) is 0 Å².